The van der Waals surface area contributed by atoms with Crippen LogP contribution in [0.2, 0.25) is 0 Å². The number of hydrogen-bond acceptors (Lipinski definition) is 3. The van der Waals surface area contributed by atoms with E-state index in [1.807, 2.05) is 20.8 Å². The number of nitrogens with one attached hydrogen (secondary N) is 2. The van der Waals surface area contributed by atoms with E-state index in [4.69, 9.17) is 5.11 Å². The molecule has 3 N–H and O–H groups in total. The monoisotopic (exact) mass is 286 g/mol. The molecule has 0 aliphatic heterocycles. The zero-order valence-corrected chi connectivity index (χ0v) is 13.1. The van der Waals surface area contributed by atoms with Crippen LogP contribution in [0.3, 0.4) is 0 Å². The van der Waals surface area contributed by atoms with Gasteiger partial charge in [0.1, 0.15) is 12.1 Å². The van der Waals surface area contributed by atoms with Crippen LogP contribution in [0.15, 0.2) is 0 Å². The van der Waals surface area contributed by atoms with Crippen LogP contribution in [0.4, 0.5) is 0 Å². The highest BCUT2D eigenvalue weighted by atomic mass is 16.4. The maximum Gasteiger partial charge on any atom is 0.326 e. The molecule has 0 rings (SSSR count). The van der Waals surface area contributed by atoms with Gasteiger partial charge in [0, 0.05) is 6.42 Å². The lowest BCUT2D eigenvalue weighted by atomic mass is 9.92. The van der Waals surface area contributed by atoms with E-state index >= 15 is 0 Å². The topological polar surface area (TPSA) is 95.5 Å². The fourth-order valence-electron chi connectivity index (χ4n) is 1.63. The Balaban J connectivity index is 4.48. The first-order valence-corrected chi connectivity index (χ1v) is 6.76. The van der Waals surface area contributed by atoms with Crippen molar-refractivity contribution in [2.45, 2.75) is 60.0 Å². The minimum atomic E-state index is -1.08. The highest BCUT2D eigenvalue weighted by Crippen LogP contribution is 2.17. The molecule has 0 bridgehead atoms. The number of rotatable bonds is 6. The number of carboxylic acid groups (broad SMARTS) is 1. The number of hydrogen-bond donors (Lipinski definition) is 3. The minimum Gasteiger partial charge on any atom is -0.480 e. The number of amides is 2. The Labute approximate surface area is 120 Å². The third kappa shape index (κ3) is 7.11. The second-order valence-electron chi connectivity index (χ2n) is 6.60. The van der Waals surface area contributed by atoms with E-state index in [2.05, 4.69) is 10.6 Å². The van der Waals surface area contributed by atoms with Gasteiger partial charge in [0.15, 0.2) is 0 Å². The zero-order valence-electron chi connectivity index (χ0n) is 13.1. The average Bonchev–Trinajstić information content (AvgIpc) is 2.21. The second-order valence-corrected chi connectivity index (χ2v) is 6.60. The molecule has 0 saturated heterocycles. The van der Waals surface area contributed by atoms with Crippen molar-refractivity contribution in [2.75, 3.05) is 0 Å². The number of carbonyl (C=O) groups excluding carboxylic acids is 2. The molecule has 6 nitrogen and oxygen atoms in total. The van der Waals surface area contributed by atoms with Gasteiger partial charge >= 0.3 is 5.97 Å². The number of carboxylic acids is 1. The highest BCUT2D eigenvalue weighted by Gasteiger charge is 2.26. The van der Waals surface area contributed by atoms with Crippen molar-refractivity contribution in [1.82, 2.24) is 10.6 Å². The van der Waals surface area contributed by atoms with Crippen LogP contribution in [0.25, 0.3) is 0 Å². The van der Waals surface area contributed by atoms with E-state index in [-0.39, 0.29) is 17.2 Å². The smallest absolute Gasteiger partial charge is 0.326 e. The summed E-state index contributed by atoms with van der Waals surface area (Å²) in [5, 5.41) is 14.0. The van der Waals surface area contributed by atoms with Crippen molar-refractivity contribution in [2.24, 2.45) is 11.3 Å². The van der Waals surface area contributed by atoms with E-state index < -0.39 is 24.0 Å². The molecule has 0 radical (unpaired) electrons. The van der Waals surface area contributed by atoms with E-state index in [1.165, 1.54) is 6.92 Å². The molecule has 0 spiro atoms. The van der Waals surface area contributed by atoms with Crippen molar-refractivity contribution in [3.63, 3.8) is 0 Å². The van der Waals surface area contributed by atoms with Crippen molar-refractivity contribution in [1.29, 1.82) is 0 Å². The lowest BCUT2D eigenvalue weighted by Crippen LogP contribution is -2.52. The maximum absolute atomic E-state index is 11.9. The first-order chi connectivity index (χ1) is 8.94. The molecule has 1 unspecified atom stereocenters. The van der Waals surface area contributed by atoms with Gasteiger partial charge in [-0.1, -0.05) is 34.6 Å². The Kier molecular flexibility index (Phi) is 6.68. The molecule has 0 saturated carbocycles. The molecule has 2 amide bonds. The highest BCUT2D eigenvalue weighted by molar-refractivity contribution is 5.90. The Morgan fingerprint density at radius 2 is 1.55 bits per heavy atom. The van der Waals surface area contributed by atoms with Crippen molar-refractivity contribution in [3.05, 3.63) is 0 Å². The standard InChI is InChI=1S/C14H26N2O4/c1-8(2)11(13(19)20)16-12(18)9(3)15-10(17)7-14(4,5)6/h8-9,11H,7H2,1-6H3,(H,15,17)(H,16,18)(H,19,20)/t9?,11-/m1/s1. The van der Waals surface area contributed by atoms with E-state index in [0.29, 0.717) is 6.42 Å². The quantitative estimate of drug-likeness (QED) is 0.682. The molecule has 0 aromatic carbocycles. The Morgan fingerprint density at radius 1 is 1.05 bits per heavy atom. The van der Waals surface area contributed by atoms with Crippen molar-refractivity contribution in [3.8, 4) is 0 Å². The molecule has 0 aliphatic rings. The van der Waals surface area contributed by atoms with Gasteiger partial charge in [0.25, 0.3) is 0 Å². The molecular weight excluding hydrogens is 260 g/mol. The van der Waals surface area contributed by atoms with Gasteiger partial charge in [-0.25, -0.2) is 4.79 Å². The fraction of sp³-hybridized carbons (Fsp3) is 0.786. The summed E-state index contributed by atoms with van der Waals surface area (Å²) in [7, 11) is 0. The SMILES string of the molecule is CC(NC(=O)CC(C)(C)C)C(=O)N[C@@H](C(=O)O)C(C)C. The first-order valence-electron chi connectivity index (χ1n) is 6.76. The Morgan fingerprint density at radius 3 is 1.90 bits per heavy atom. The van der Waals surface area contributed by atoms with E-state index in [9.17, 15) is 14.4 Å². The minimum absolute atomic E-state index is 0.165. The fourth-order valence-corrected chi connectivity index (χ4v) is 1.63. The summed E-state index contributed by atoms with van der Waals surface area (Å²) < 4.78 is 0. The average molecular weight is 286 g/mol. The molecule has 6 heteroatoms. The number of carbonyl (C=O) groups is 3. The maximum atomic E-state index is 11.9. The summed E-state index contributed by atoms with van der Waals surface area (Å²) >= 11 is 0. The van der Waals surface area contributed by atoms with E-state index in [0.717, 1.165) is 0 Å². The van der Waals surface area contributed by atoms with E-state index in [1.54, 1.807) is 13.8 Å². The molecule has 0 aliphatic carbocycles. The summed E-state index contributed by atoms with van der Waals surface area (Å²) in [6.45, 7) is 10.7. The molecule has 0 aromatic rings. The number of aliphatic carboxylic acids is 1. The van der Waals surface area contributed by atoms with Crippen LogP contribution < -0.4 is 10.6 Å². The predicted octanol–water partition coefficient (Wildman–Crippen LogP) is 1.15. The second kappa shape index (κ2) is 7.26. The third-order valence-corrected chi connectivity index (χ3v) is 2.69. The summed E-state index contributed by atoms with van der Waals surface area (Å²) in [6.07, 6.45) is 0.303. The molecule has 0 heterocycles. The van der Waals surface area contributed by atoms with Gasteiger partial charge in [-0.3, -0.25) is 9.59 Å². The van der Waals surface area contributed by atoms with Gasteiger partial charge in [-0.2, -0.15) is 0 Å². The summed E-state index contributed by atoms with van der Waals surface area (Å²) in [5.74, 6) is -2.03. The lowest BCUT2D eigenvalue weighted by Gasteiger charge is -2.22. The lowest BCUT2D eigenvalue weighted by molar-refractivity contribution is -0.143. The van der Waals surface area contributed by atoms with Gasteiger partial charge in [0.2, 0.25) is 11.8 Å². The molecule has 116 valence electrons. The Bertz CT molecular complexity index is 372. The van der Waals surface area contributed by atoms with Crippen LogP contribution in [-0.4, -0.2) is 35.0 Å². The van der Waals surface area contributed by atoms with Crippen LogP contribution >= 0.6 is 0 Å². The summed E-state index contributed by atoms with van der Waals surface area (Å²) in [4.78, 5) is 34.6. The normalized spacial score (nSPS) is 14.6. The Hall–Kier alpha value is -1.59. The first kappa shape index (κ1) is 18.4. The van der Waals surface area contributed by atoms with Crippen molar-refractivity contribution >= 4 is 17.8 Å². The van der Waals surface area contributed by atoms with Gasteiger partial charge < -0.3 is 15.7 Å². The molecule has 0 fully saturated rings. The van der Waals surface area contributed by atoms with Crippen LogP contribution in [0, 0.1) is 11.3 Å². The summed E-state index contributed by atoms with van der Waals surface area (Å²) in [5.41, 5.74) is -0.165. The van der Waals surface area contributed by atoms with Crippen LogP contribution in [0.5, 0.6) is 0 Å². The van der Waals surface area contributed by atoms with Crippen LogP contribution in [0.1, 0.15) is 48.0 Å². The molecule has 0 aromatic heterocycles. The predicted molar refractivity (Wildman–Crippen MR) is 76.1 cm³/mol. The van der Waals surface area contributed by atoms with Gasteiger partial charge in [0.05, 0.1) is 0 Å². The summed E-state index contributed by atoms with van der Waals surface area (Å²) in [6, 6.07) is -1.71. The third-order valence-electron chi connectivity index (χ3n) is 2.69. The van der Waals surface area contributed by atoms with Crippen molar-refractivity contribution < 1.29 is 19.5 Å². The molecular formula is C14H26N2O4. The molecule has 2 atom stereocenters. The largest absolute Gasteiger partial charge is 0.480 e. The van der Waals surface area contributed by atoms with Gasteiger partial charge in [-0.05, 0) is 18.3 Å². The van der Waals surface area contributed by atoms with Crippen LogP contribution in [-0.2, 0) is 14.4 Å². The zero-order chi connectivity index (χ0) is 16.1. The van der Waals surface area contributed by atoms with Gasteiger partial charge in [-0.15, -0.1) is 0 Å². The molecule has 20 heavy (non-hydrogen) atoms.